The number of hydrogen-bond donors (Lipinski definition) is 1. The summed E-state index contributed by atoms with van der Waals surface area (Å²) in [6.45, 7) is 1.30. The van der Waals surface area contributed by atoms with Crippen molar-refractivity contribution in [3.63, 3.8) is 0 Å². The lowest BCUT2D eigenvalue weighted by Crippen LogP contribution is -2.55. The summed E-state index contributed by atoms with van der Waals surface area (Å²) in [5, 5.41) is 9.86. The van der Waals surface area contributed by atoms with E-state index in [0.717, 1.165) is 0 Å². The molecule has 0 amide bonds. The minimum absolute atomic E-state index is 0.00776. The molecule has 0 fully saturated rings. The molecule has 0 aromatic carbocycles. The first-order valence-electron chi connectivity index (χ1n) is 7.05. The van der Waals surface area contributed by atoms with Gasteiger partial charge in [0.25, 0.3) is 0 Å². The van der Waals surface area contributed by atoms with Gasteiger partial charge < -0.3 is 9.52 Å². The number of hydrazone groups is 1. The molecule has 26 heavy (non-hydrogen) atoms. The molecule has 6 nitrogen and oxygen atoms in total. The van der Waals surface area contributed by atoms with Crippen molar-refractivity contribution in [1.29, 1.82) is 0 Å². The van der Waals surface area contributed by atoms with Crippen LogP contribution in [0, 0.1) is 0 Å². The zero-order valence-electron chi connectivity index (χ0n) is 12.9. The van der Waals surface area contributed by atoms with Crippen molar-refractivity contribution in [2.45, 2.75) is 30.6 Å². The van der Waals surface area contributed by atoms with Crippen LogP contribution in [0.1, 0.15) is 19.0 Å². The van der Waals surface area contributed by atoms with Crippen LogP contribution < -0.4 is 5.01 Å². The second-order valence-corrected chi connectivity index (χ2v) is 6.03. The van der Waals surface area contributed by atoms with Crippen LogP contribution >= 0.6 is 11.6 Å². The lowest BCUT2D eigenvalue weighted by Gasteiger charge is -2.34. The molecule has 1 N–H and O–H groups in total. The largest absolute Gasteiger partial charge is 0.463 e. The van der Waals surface area contributed by atoms with Crippen molar-refractivity contribution >= 4 is 23.3 Å². The molecule has 1 aliphatic rings. The number of furan rings is 1. The van der Waals surface area contributed by atoms with E-state index >= 15 is 0 Å². The van der Waals surface area contributed by atoms with Crippen LogP contribution in [0.5, 0.6) is 0 Å². The van der Waals surface area contributed by atoms with Crippen molar-refractivity contribution in [3.05, 3.63) is 30.2 Å². The van der Waals surface area contributed by atoms with Gasteiger partial charge in [0.05, 0.1) is 6.26 Å². The molecule has 1 aliphatic heterocycles. The molecule has 0 unspecified atom stereocenters. The number of aromatic nitrogens is 2. The molecular weight excluding hydrogens is 387 g/mol. The van der Waals surface area contributed by atoms with Gasteiger partial charge in [-0.2, -0.15) is 32.1 Å². The zero-order valence-corrected chi connectivity index (χ0v) is 13.7. The summed E-state index contributed by atoms with van der Waals surface area (Å²) in [5.74, 6) is -0.953. The SMILES string of the molecule is CC1=NN(c2nc(-c3ccco3)cc(C(F)(F)F)n2)[C@@](O)(C(F)(F)Cl)C1. The van der Waals surface area contributed by atoms with Gasteiger partial charge in [0.15, 0.2) is 11.5 Å². The monoisotopic (exact) mass is 396 g/mol. The first kappa shape index (κ1) is 18.5. The van der Waals surface area contributed by atoms with Gasteiger partial charge in [0.1, 0.15) is 5.69 Å². The fourth-order valence-corrected chi connectivity index (χ4v) is 2.52. The quantitative estimate of drug-likeness (QED) is 0.630. The van der Waals surface area contributed by atoms with E-state index < -0.39 is 35.3 Å². The van der Waals surface area contributed by atoms with Gasteiger partial charge in [-0.15, -0.1) is 0 Å². The number of alkyl halides is 6. The molecule has 0 spiro atoms. The molecule has 0 bridgehead atoms. The first-order valence-corrected chi connectivity index (χ1v) is 7.43. The van der Waals surface area contributed by atoms with Gasteiger partial charge in [-0.25, -0.2) is 9.97 Å². The lowest BCUT2D eigenvalue weighted by molar-refractivity contribution is -0.141. The maximum Gasteiger partial charge on any atom is 0.433 e. The maximum absolute atomic E-state index is 13.7. The van der Waals surface area contributed by atoms with E-state index in [1.54, 1.807) is 0 Å². The Balaban J connectivity index is 2.19. The Morgan fingerprint density at radius 3 is 2.50 bits per heavy atom. The number of nitrogens with zero attached hydrogens (tertiary/aromatic N) is 4. The van der Waals surface area contributed by atoms with Crippen LogP contribution in [0.3, 0.4) is 0 Å². The molecule has 2 aromatic heterocycles. The number of hydrogen-bond acceptors (Lipinski definition) is 6. The topological polar surface area (TPSA) is 74.8 Å². The normalized spacial score (nSPS) is 21.2. The minimum atomic E-state index is -4.90. The second kappa shape index (κ2) is 5.88. The molecule has 0 radical (unpaired) electrons. The number of halogens is 6. The third-order valence-corrected chi connectivity index (χ3v) is 3.85. The highest BCUT2D eigenvalue weighted by atomic mass is 35.5. The van der Waals surface area contributed by atoms with E-state index in [1.807, 2.05) is 0 Å². The van der Waals surface area contributed by atoms with Gasteiger partial charge in [-0.1, -0.05) is 0 Å². The molecule has 3 heterocycles. The summed E-state index contributed by atoms with van der Waals surface area (Å²) < 4.78 is 72.0. The van der Waals surface area contributed by atoms with Crippen molar-refractivity contribution < 1.29 is 31.5 Å². The Kier molecular flexibility index (Phi) is 4.19. The smallest absolute Gasteiger partial charge is 0.433 e. The summed E-state index contributed by atoms with van der Waals surface area (Å²) in [7, 11) is 0. The third-order valence-electron chi connectivity index (χ3n) is 3.55. The Morgan fingerprint density at radius 1 is 1.27 bits per heavy atom. The Labute approximate surface area is 147 Å². The van der Waals surface area contributed by atoms with E-state index in [1.165, 1.54) is 25.3 Å². The average Bonchev–Trinajstić information content (AvgIpc) is 3.13. The molecule has 0 aliphatic carbocycles. The van der Waals surface area contributed by atoms with E-state index in [4.69, 9.17) is 16.0 Å². The van der Waals surface area contributed by atoms with E-state index in [9.17, 15) is 27.1 Å². The van der Waals surface area contributed by atoms with Crippen LogP contribution in [-0.2, 0) is 6.18 Å². The van der Waals surface area contributed by atoms with E-state index in [2.05, 4.69) is 15.1 Å². The Hall–Kier alpha value is -2.27. The first-order chi connectivity index (χ1) is 11.9. The van der Waals surface area contributed by atoms with Gasteiger partial charge in [0.2, 0.25) is 11.7 Å². The van der Waals surface area contributed by atoms with Crippen LogP contribution in [-0.4, -0.2) is 31.9 Å². The third kappa shape index (κ3) is 3.12. The number of anilines is 1. The minimum Gasteiger partial charge on any atom is -0.463 e. The predicted octanol–water partition coefficient (Wildman–Crippen LogP) is 3.86. The van der Waals surface area contributed by atoms with E-state index in [-0.39, 0.29) is 22.2 Å². The zero-order chi connectivity index (χ0) is 19.3. The second-order valence-electron chi connectivity index (χ2n) is 5.55. The van der Waals surface area contributed by atoms with Gasteiger partial charge in [-0.05, 0) is 36.7 Å². The van der Waals surface area contributed by atoms with E-state index in [0.29, 0.717) is 6.07 Å². The fourth-order valence-electron chi connectivity index (χ4n) is 2.38. The molecule has 2 aromatic rings. The number of rotatable bonds is 3. The summed E-state index contributed by atoms with van der Waals surface area (Å²) in [6.07, 6.45) is -4.41. The fraction of sp³-hybridized carbons (Fsp3) is 0.357. The summed E-state index contributed by atoms with van der Waals surface area (Å²) in [6, 6.07) is 3.33. The highest BCUT2D eigenvalue weighted by Crippen LogP contribution is 2.44. The average molecular weight is 397 g/mol. The molecule has 140 valence electrons. The van der Waals surface area contributed by atoms with Crippen molar-refractivity contribution in [1.82, 2.24) is 9.97 Å². The van der Waals surface area contributed by atoms with Gasteiger partial charge in [-0.3, -0.25) is 0 Å². The Morgan fingerprint density at radius 2 is 1.96 bits per heavy atom. The highest BCUT2D eigenvalue weighted by Gasteiger charge is 2.60. The highest BCUT2D eigenvalue weighted by molar-refractivity contribution is 6.23. The van der Waals surface area contributed by atoms with Crippen LogP contribution in [0.2, 0.25) is 0 Å². The van der Waals surface area contributed by atoms with Crippen molar-refractivity contribution in [2.75, 3.05) is 5.01 Å². The van der Waals surface area contributed by atoms with Gasteiger partial charge >= 0.3 is 11.6 Å². The summed E-state index contributed by atoms with van der Waals surface area (Å²) in [4.78, 5) is 7.01. The van der Waals surface area contributed by atoms with Crippen LogP contribution in [0.15, 0.2) is 34.0 Å². The van der Waals surface area contributed by atoms with Crippen molar-refractivity contribution in [3.8, 4) is 11.5 Å². The maximum atomic E-state index is 13.7. The molecule has 0 saturated heterocycles. The van der Waals surface area contributed by atoms with Crippen LogP contribution in [0.25, 0.3) is 11.5 Å². The molecule has 0 saturated carbocycles. The molecule has 3 rings (SSSR count). The molecule has 12 heteroatoms. The van der Waals surface area contributed by atoms with Crippen LogP contribution in [0.4, 0.5) is 27.9 Å². The summed E-state index contributed by atoms with van der Waals surface area (Å²) in [5.41, 5.74) is -4.86. The summed E-state index contributed by atoms with van der Waals surface area (Å²) >= 11 is 4.97. The lowest BCUT2D eigenvalue weighted by atomic mass is 10.1. The predicted molar refractivity (Wildman–Crippen MR) is 80.7 cm³/mol. The van der Waals surface area contributed by atoms with Crippen molar-refractivity contribution in [2.24, 2.45) is 5.10 Å². The van der Waals surface area contributed by atoms with Gasteiger partial charge in [0, 0.05) is 12.1 Å². The molecule has 1 atom stereocenters. The number of aliphatic hydroxyl groups is 1. The standard InChI is InChI=1S/C14H10ClF5N4O2/c1-7-6-12(25,14(15,19)20)24(23-7)11-21-8(9-3-2-4-26-9)5-10(22-11)13(16,17)18/h2-5,25H,6H2,1H3/t12-/m0/s1. The Bertz CT molecular complexity index is 850. The molecular formula is C14H10ClF5N4O2.